The van der Waals surface area contributed by atoms with Crippen molar-refractivity contribution in [2.75, 3.05) is 6.61 Å². The minimum absolute atomic E-state index is 0.0321. The van der Waals surface area contributed by atoms with E-state index in [2.05, 4.69) is 26.2 Å². The fourth-order valence-electron chi connectivity index (χ4n) is 1.40. The van der Waals surface area contributed by atoms with E-state index in [1.807, 2.05) is 13.8 Å². The third kappa shape index (κ3) is 21.2. The number of nitrogens with two attached hydrogens (primary N) is 2. The van der Waals surface area contributed by atoms with E-state index < -0.39 is 11.9 Å². The van der Waals surface area contributed by atoms with E-state index in [0.29, 0.717) is 18.7 Å². The van der Waals surface area contributed by atoms with Crippen LogP contribution in [0.5, 0.6) is 0 Å². The number of carbonyl (C=O) groups excluding carboxylic acids is 1. The summed E-state index contributed by atoms with van der Waals surface area (Å²) in [5.41, 5.74) is 9.85. The van der Waals surface area contributed by atoms with Gasteiger partial charge in [-0.05, 0) is 38.5 Å². The molecule has 134 valence electrons. The lowest BCUT2D eigenvalue weighted by atomic mass is 9.87. The van der Waals surface area contributed by atoms with Gasteiger partial charge < -0.3 is 26.4 Å². The first-order valence-electron chi connectivity index (χ1n) is 7.59. The molecule has 6 nitrogen and oxygen atoms in total. The number of hydrogen-bond donors (Lipinski definition) is 4. The molecule has 0 fully saturated rings. The predicted octanol–water partition coefficient (Wildman–Crippen LogP) is 1.89. The average molecular weight is 320 g/mol. The van der Waals surface area contributed by atoms with Gasteiger partial charge in [0.1, 0.15) is 0 Å². The maximum absolute atomic E-state index is 9.49. The van der Waals surface area contributed by atoms with Gasteiger partial charge in [-0.1, -0.05) is 34.3 Å². The molecule has 0 aliphatic rings. The normalized spacial score (nSPS) is 12.2. The molecule has 0 bridgehead atoms. The zero-order valence-electron chi connectivity index (χ0n) is 15.1. The summed E-state index contributed by atoms with van der Waals surface area (Å²) in [6.07, 6.45) is 1.98. The van der Waals surface area contributed by atoms with Crippen molar-refractivity contribution in [2.24, 2.45) is 16.9 Å². The molecule has 0 saturated heterocycles. The average Bonchev–Trinajstić information content (AvgIpc) is 2.39. The highest BCUT2D eigenvalue weighted by Crippen LogP contribution is 2.26. The molecular weight excluding hydrogens is 284 g/mol. The minimum atomic E-state index is -1.09. The van der Waals surface area contributed by atoms with E-state index in [9.17, 15) is 10.2 Å². The predicted molar refractivity (Wildman–Crippen MR) is 90.8 cm³/mol. The van der Waals surface area contributed by atoms with Crippen molar-refractivity contribution >= 4 is 6.41 Å². The Balaban J connectivity index is -0.000000637. The number of carbonyl (C=O) groups is 1. The Bertz CT molecular complexity index is 286. The maximum atomic E-state index is 9.49. The largest absolute Gasteiger partial charge is 0.400 e. The lowest BCUT2D eigenvalue weighted by molar-refractivity contribution is -0.192. The summed E-state index contributed by atoms with van der Waals surface area (Å²) in [6, 6.07) is 0. The van der Waals surface area contributed by atoms with Gasteiger partial charge in [-0.3, -0.25) is 4.79 Å². The lowest BCUT2D eigenvalue weighted by Gasteiger charge is -2.29. The monoisotopic (exact) mass is 320 g/mol. The van der Waals surface area contributed by atoms with Crippen LogP contribution in [0.4, 0.5) is 0 Å². The molecule has 22 heavy (non-hydrogen) atoms. The number of aliphatic hydroxyl groups excluding tert-OH is 1. The van der Waals surface area contributed by atoms with Crippen molar-refractivity contribution in [3.05, 3.63) is 12.3 Å². The van der Waals surface area contributed by atoms with Gasteiger partial charge in [-0.2, -0.15) is 0 Å². The number of primary amides is 1. The summed E-state index contributed by atoms with van der Waals surface area (Å²) in [5.74, 6) is -1.09. The van der Waals surface area contributed by atoms with Crippen LogP contribution in [-0.4, -0.2) is 35.1 Å². The Morgan fingerprint density at radius 2 is 1.73 bits per heavy atom. The van der Waals surface area contributed by atoms with Gasteiger partial charge in [-0.15, -0.1) is 0 Å². The van der Waals surface area contributed by atoms with Crippen molar-refractivity contribution in [2.45, 2.75) is 72.7 Å². The van der Waals surface area contributed by atoms with Gasteiger partial charge in [0.15, 0.2) is 5.79 Å². The smallest absolute Gasteiger partial charge is 0.204 e. The zero-order chi connectivity index (χ0) is 18.4. The number of rotatable bonds is 8. The Hall–Kier alpha value is -1.11. The highest BCUT2D eigenvalue weighted by Gasteiger charge is 2.23. The molecule has 0 radical (unpaired) electrons. The zero-order valence-corrected chi connectivity index (χ0v) is 15.1. The third-order valence-electron chi connectivity index (χ3n) is 2.58. The molecule has 0 aromatic carbocycles. The van der Waals surface area contributed by atoms with Crippen LogP contribution < -0.4 is 11.5 Å². The van der Waals surface area contributed by atoms with Crippen molar-refractivity contribution in [3.63, 3.8) is 0 Å². The summed E-state index contributed by atoms with van der Waals surface area (Å²) in [6.45, 7) is 15.4. The van der Waals surface area contributed by atoms with E-state index in [4.69, 9.17) is 15.3 Å². The molecule has 1 unspecified atom stereocenters. The molecule has 0 heterocycles. The van der Waals surface area contributed by atoms with Gasteiger partial charge in [0, 0.05) is 5.70 Å². The van der Waals surface area contributed by atoms with Crippen LogP contribution in [0, 0.1) is 5.41 Å². The Kier molecular flexibility index (Phi) is 15.9. The summed E-state index contributed by atoms with van der Waals surface area (Å²) in [5, 5.41) is 19.0. The first-order chi connectivity index (χ1) is 9.95. The minimum Gasteiger partial charge on any atom is -0.400 e. The van der Waals surface area contributed by atoms with Crippen molar-refractivity contribution in [1.82, 2.24) is 0 Å². The van der Waals surface area contributed by atoms with Crippen molar-refractivity contribution in [1.29, 1.82) is 0 Å². The molecule has 6 N–H and O–H groups in total. The van der Waals surface area contributed by atoms with Crippen LogP contribution >= 0.6 is 0 Å². The summed E-state index contributed by atoms with van der Waals surface area (Å²) < 4.78 is 5.35. The van der Waals surface area contributed by atoms with Crippen molar-refractivity contribution < 1.29 is 19.7 Å². The van der Waals surface area contributed by atoms with E-state index in [-0.39, 0.29) is 11.8 Å². The van der Waals surface area contributed by atoms with Crippen LogP contribution in [0.3, 0.4) is 0 Å². The van der Waals surface area contributed by atoms with Crippen molar-refractivity contribution in [3.8, 4) is 0 Å². The fraction of sp³-hybridized carbons (Fsp3) is 0.812. The number of aliphatic hydroxyl groups is 2. The van der Waals surface area contributed by atoms with Crippen LogP contribution in [-0.2, 0) is 9.53 Å². The molecule has 0 aromatic heterocycles. The van der Waals surface area contributed by atoms with Crippen LogP contribution in [0.2, 0.25) is 0 Å². The standard InChI is InChI=1S/C13H27NO3.C2H6.CH3NO/c1-10(14)11(15)7-6-8-12(2,3)9-17-13(4,5)16;1-2;2-1-3/h11,15-16H,1,6-9,14H2,2-5H3;1-2H3;1H,(H2,2,3). The number of hydrogen-bond acceptors (Lipinski definition) is 5. The molecule has 0 rings (SSSR count). The second kappa shape index (κ2) is 13.5. The summed E-state index contributed by atoms with van der Waals surface area (Å²) in [7, 11) is 0. The van der Waals surface area contributed by atoms with E-state index in [1.54, 1.807) is 13.8 Å². The third-order valence-corrected chi connectivity index (χ3v) is 2.58. The van der Waals surface area contributed by atoms with Gasteiger partial charge in [0.05, 0.1) is 12.7 Å². The molecule has 0 aliphatic carbocycles. The second-order valence-corrected chi connectivity index (χ2v) is 6.02. The molecule has 6 heteroatoms. The van der Waals surface area contributed by atoms with E-state index >= 15 is 0 Å². The fourth-order valence-corrected chi connectivity index (χ4v) is 1.40. The molecule has 0 aromatic rings. The van der Waals surface area contributed by atoms with E-state index in [0.717, 1.165) is 12.8 Å². The highest BCUT2D eigenvalue weighted by atomic mass is 16.6. The van der Waals surface area contributed by atoms with Crippen LogP contribution in [0.15, 0.2) is 12.3 Å². The Morgan fingerprint density at radius 1 is 1.32 bits per heavy atom. The van der Waals surface area contributed by atoms with Crippen LogP contribution in [0.25, 0.3) is 0 Å². The highest BCUT2D eigenvalue weighted by molar-refractivity contribution is 5.42. The number of ether oxygens (including phenoxy) is 1. The first-order valence-corrected chi connectivity index (χ1v) is 7.59. The van der Waals surface area contributed by atoms with Crippen LogP contribution in [0.1, 0.15) is 60.8 Å². The maximum Gasteiger partial charge on any atom is 0.204 e. The van der Waals surface area contributed by atoms with E-state index in [1.165, 1.54) is 0 Å². The molecular formula is C16H36N2O4. The van der Waals surface area contributed by atoms with Gasteiger partial charge in [0.25, 0.3) is 0 Å². The summed E-state index contributed by atoms with van der Waals surface area (Å²) in [4.78, 5) is 8.58. The topological polar surface area (TPSA) is 119 Å². The molecule has 1 atom stereocenters. The summed E-state index contributed by atoms with van der Waals surface area (Å²) >= 11 is 0. The Morgan fingerprint density at radius 3 is 2.05 bits per heavy atom. The second-order valence-electron chi connectivity index (χ2n) is 6.02. The molecule has 0 aliphatic heterocycles. The Labute approximate surface area is 135 Å². The van der Waals surface area contributed by atoms with Gasteiger partial charge >= 0.3 is 0 Å². The molecule has 0 saturated carbocycles. The van der Waals surface area contributed by atoms with Gasteiger partial charge in [0.2, 0.25) is 6.41 Å². The number of amides is 1. The molecule has 1 amide bonds. The SMILES string of the molecule is C=C(N)C(O)CCCC(C)(C)COC(C)(C)O.CC.NC=O. The quantitative estimate of drug-likeness (QED) is 0.402. The lowest BCUT2D eigenvalue weighted by Crippen LogP contribution is -2.30. The van der Waals surface area contributed by atoms with Gasteiger partial charge in [-0.25, -0.2) is 0 Å². The first kappa shape index (κ1) is 25.8. The molecule has 0 spiro atoms.